The van der Waals surface area contributed by atoms with Gasteiger partial charge >= 0.3 is 0 Å². The zero-order valence-electron chi connectivity index (χ0n) is 13.4. The molecule has 1 aromatic rings. The van der Waals surface area contributed by atoms with Crippen molar-refractivity contribution < 1.29 is 4.79 Å². The number of carbonyl (C=O) groups is 1. The summed E-state index contributed by atoms with van der Waals surface area (Å²) in [6.45, 7) is 8.74. The fraction of sp³-hybridized carbons (Fsp3) is 0.647. The predicted molar refractivity (Wildman–Crippen MR) is 87.5 cm³/mol. The van der Waals surface area contributed by atoms with Gasteiger partial charge in [-0.25, -0.2) is 0 Å². The summed E-state index contributed by atoms with van der Waals surface area (Å²) in [4.78, 5) is 12.9. The molecule has 114 valence electrons. The van der Waals surface area contributed by atoms with Gasteiger partial charge in [0.05, 0.1) is 5.56 Å². The maximum Gasteiger partial charge on any atom is 0.224 e. The van der Waals surface area contributed by atoms with Gasteiger partial charge in [-0.1, -0.05) is 34.1 Å². The highest BCUT2D eigenvalue weighted by Crippen LogP contribution is 2.45. The molecule has 0 saturated heterocycles. The van der Waals surface area contributed by atoms with Gasteiger partial charge in [0.15, 0.2) is 0 Å². The number of hydrogen-bond donors (Lipinski definition) is 1. The first kappa shape index (κ1) is 16.0. The molecule has 0 aliphatic heterocycles. The van der Waals surface area contributed by atoms with E-state index in [9.17, 15) is 10.1 Å². The molecule has 1 atom stereocenters. The second kappa shape index (κ2) is 6.19. The lowest BCUT2D eigenvalue weighted by Gasteiger charge is -2.36. The lowest BCUT2D eigenvalue weighted by atomic mass is 9.69. The quantitative estimate of drug-likeness (QED) is 0.889. The summed E-state index contributed by atoms with van der Waals surface area (Å²) >= 11 is 1.61. The van der Waals surface area contributed by atoms with Crippen molar-refractivity contribution in [1.82, 2.24) is 0 Å². The van der Waals surface area contributed by atoms with Crippen molar-refractivity contribution in [3.63, 3.8) is 0 Å². The summed E-state index contributed by atoms with van der Waals surface area (Å²) in [7, 11) is 0. The van der Waals surface area contributed by atoms with Crippen LogP contribution in [0, 0.1) is 22.7 Å². The number of amides is 1. The molecular weight excluding hydrogens is 280 g/mol. The number of hydrogen-bond acceptors (Lipinski definition) is 3. The van der Waals surface area contributed by atoms with E-state index in [4.69, 9.17) is 0 Å². The second-order valence-corrected chi connectivity index (χ2v) is 7.61. The van der Waals surface area contributed by atoms with Crippen LogP contribution >= 0.6 is 11.3 Å². The largest absolute Gasteiger partial charge is 0.317 e. The van der Waals surface area contributed by atoms with Gasteiger partial charge in [0.1, 0.15) is 11.1 Å². The van der Waals surface area contributed by atoms with Crippen molar-refractivity contribution >= 4 is 22.2 Å². The lowest BCUT2D eigenvalue weighted by Crippen LogP contribution is -2.28. The molecule has 0 aromatic carbocycles. The topological polar surface area (TPSA) is 52.9 Å². The minimum atomic E-state index is -0.0180. The van der Waals surface area contributed by atoms with Gasteiger partial charge in [-0.05, 0) is 36.2 Å². The Labute approximate surface area is 131 Å². The number of nitrogens with zero attached hydrogens (tertiary/aromatic N) is 1. The molecule has 1 heterocycles. The third-order valence-electron chi connectivity index (χ3n) is 4.97. The summed E-state index contributed by atoms with van der Waals surface area (Å²) in [5.74, 6) is 0.644. The van der Waals surface area contributed by atoms with Crippen LogP contribution in [0.25, 0.3) is 0 Å². The van der Waals surface area contributed by atoms with Crippen LogP contribution in [0.4, 0.5) is 5.00 Å². The zero-order valence-corrected chi connectivity index (χ0v) is 14.2. The van der Waals surface area contributed by atoms with Crippen molar-refractivity contribution in [1.29, 1.82) is 5.26 Å². The van der Waals surface area contributed by atoms with Gasteiger partial charge in [0.2, 0.25) is 5.91 Å². The first-order valence-corrected chi connectivity index (χ1v) is 8.59. The number of rotatable bonds is 4. The number of fused-ring (bicyclic) bond motifs is 1. The summed E-state index contributed by atoms with van der Waals surface area (Å²) in [6, 6.07) is 2.30. The fourth-order valence-electron chi connectivity index (χ4n) is 2.96. The van der Waals surface area contributed by atoms with E-state index in [0.29, 0.717) is 23.3 Å². The van der Waals surface area contributed by atoms with Crippen molar-refractivity contribution in [2.24, 2.45) is 11.3 Å². The predicted octanol–water partition coefficient (Wildman–Crippen LogP) is 4.51. The highest BCUT2D eigenvalue weighted by atomic mass is 32.1. The van der Waals surface area contributed by atoms with E-state index in [2.05, 4.69) is 32.2 Å². The molecule has 4 heteroatoms. The lowest BCUT2D eigenvalue weighted by molar-refractivity contribution is -0.115. The Morgan fingerprint density at radius 3 is 2.76 bits per heavy atom. The number of nitrogens with one attached hydrogen (secondary N) is 1. The van der Waals surface area contributed by atoms with Crippen LogP contribution in [0.15, 0.2) is 0 Å². The maximum absolute atomic E-state index is 11.6. The molecule has 1 amide bonds. The number of carbonyl (C=O) groups excluding carboxylic acids is 1. The first-order valence-electron chi connectivity index (χ1n) is 7.77. The third kappa shape index (κ3) is 3.13. The molecular formula is C17H24N2OS. The molecule has 1 unspecified atom stereocenters. The highest BCUT2D eigenvalue weighted by molar-refractivity contribution is 7.16. The van der Waals surface area contributed by atoms with Crippen LogP contribution < -0.4 is 5.32 Å². The molecule has 1 aliphatic rings. The van der Waals surface area contributed by atoms with Gasteiger partial charge in [0.25, 0.3) is 0 Å². The Bertz CT molecular complexity index is 580. The average Bonchev–Trinajstić information content (AvgIpc) is 2.82. The molecule has 0 radical (unpaired) electrons. The van der Waals surface area contributed by atoms with Crippen molar-refractivity contribution in [2.45, 2.75) is 59.8 Å². The summed E-state index contributed by atoms with van der Waals surface area (Å²) in [6.07, 6.45) is 4.75. The SMILES string of the molecule is CCC(=O)Nc1sc2c(c1C#N)CCC(C(C)(C)CC)C2. The molecule has 1 aromatic heterocycles. The summed E-state index contributed by atoms with van der Waals surface area (Å²) < 4.78 is 0. The number of thiophene rings is 1. The molecule has 0 fully saturated rings. The van der Waals surface area contributed by atoms with Crippen LogP contribution in [-0.4, -0.2) is 5.91 Å². The zero-order chi connectivity index (χ0) is 15.6. The first-order chi connectivity index (χ1) is 9.92. The molecule has 0 bridgehead atoms. The van der Waals surface area contributed by atoms with Crippen LogP contribution in [-0.2, 0) is 17.6 Å². The Morgan fingerprint density at radius 2 is 2.19 bits per heavy atom. The van der Waals surface area contributed by atoms with Gasteiger partial charge < -0.3 is 5.32 Å². The van der Waals surface area contributed by atoms with E-state index in [1.165, 1.54) is 16.9 Å². The average molecular weight is 304 g/mol. The van der Waals surface area contributed by atoms with Crippen molar-refractivity contribution in [3.8, 4) is 6.07 Å². The van der Waals surface area contributed by atoms with Crippen LogP contribution in [0.1, 0.15) is 63.0 Å². The third-order valence-corrected chi connectivity index (χ3v) is 6.14. The number of nitriles is 1. The van der Waals surface area contributed by atoms with E-state index < -0.39 is 0 Å². The van der Waals surface area contributed by atoms with Crippen molar-refractivity contribution in [2.75, 3.05) is 5.32 Å². The smallest absolute Gasteiger partial charge is 0.224 e. The van der Waals surface area contributed by atoms with Crippen LogP contribution in [0.3, 0.4) is 0 Å². The maximum atomic E-state index is 11.6. The Balaban J connectivity index is 2.29. The van der Waals surface area contributed by atoms with Gasteiger partial charge in [-0.2, -0.15) is 5.26 Å². The van der Waals surface area contributed by atoms with Gasteiger partial charge in [-0.15, -0.1) is 11.3 Å². The Hall–Kier alpha value is -1.34. The molecule has 2 rings (SSSR count). The molecule has 1 N–H and O–H groups in total. The monoisotopic (exact) mass is 304 g/mol. The van der Waals surface area contributed by atoms with Crippen LogP contribution in [0.5, 0.6) is 0 Å². The van der Waals surface area contributed by atoms with Crippen LogP contribution in [0.2, 0.25) is 0 Å². The standard InChI is InChI=1S/C17H24N2OS/c1-5-15(20)19-16-13(10-18)12-8-7-11(9-14(12)21-16)17(3,4)6-2/h11H,5-9H2,1-4H3,(H,19,20). The minimum absolute atomic E-state index is 0.0180. The van der Waals surface area contributed by atoms with E-state index >= 15 is 0 Å². The molecule has 21 heavy (non-hydrogen) atoms. The number of anilines is 1. The Morgan fingerprint density at radius 1 is 1.48 bits per heavy atom. The van der Waals surface area contributed by atoms with Gasteiger partial charge in [-0.3, -0.25) is 4.79 Å². The van der Waals surface area contributed by atoms with Gasteiger partial charge in [0, 0.05) is 11.3 Å². The normalized spacial score (nSPS) is 18.0. The minimum Gasteiger partial charge on any atom is -0.317 e. The van der Waals surface area contributed by atoms with E-state index in [1.54, 1.807) is 11.3 Å². The van der Waals surface area contributed by atoms with E-state index in [-0.39, 0.29) is 5.91 Å². The Kier molecular flexibility index (Phi) is 4.73. The second-order valence-electron chi connectivity index (χ2n) is 6.50. The highest BCUT2D eigenvalue weighted by Gasteiger charge is 2.33. The fourth-order valence-corrected chi connectivity index (χ4v) is 4.26. The van der Waals surface area contributed by atoms with E-state index in [0.717, 1.165) is 24.3 Å². The molecule has 0 spiro atoms. The summed E-state index contributed by atoms with van der Waals surface area (Å²) in [5, 5.41) is 13.1. The molecule has 0 saturated carbocycles. The van der Waals surface area contributed by atoms with Crippen molar-refractivity contribution in [3.05, 3.63) is 16.0 Å². The molecule has 1 aliphatic carbocycles. The molecule has 3 nitrogen and oxygen atoms in total. The van der Waals surface area contributed by atoms with E-state index in [1.807, 2.05) is 6.92 Å². The summed E-state index contributed by atoms with van der Waals surface area (Å²) in [5.41, 5.74) is 2.21.